The van der Waals surface area contributed by atoms with Gasteiger partial charge >= 0.3 is 0 Å². The van der Waals surface area contributed by atoms with Crippen molar-refractivity contribution in [3.8, 4) is 0 Å². The van der Waals surface area contributed by atoms with Crippen molar-refractivity contribution in [1.29, 1.82) is 0 Å². The van der Waals surface area contributed by atoms with Crippen molar-refractivity contribution in [2.45, 2.75) is 25.8 Å². The Morgan fingerprint density at radius 2 is 2.17 bits per heavy atom. The Balaban J connectivity index is 1.70. The molecular formula is C15H19N3. The van der Waals surface area contributed by atoms with E-state index in [2.05, 4.69) is 46.1 Å². The second-order valence-electron chi connectivity index (χ2n) is 5.04. The van der Waals surface area contributed by atoms with E-state index in [0.717, 1.165) is 26.1 Å². The molecule has 0 atom stereocenters. The molecule has 2 aromatic rings. The maximum atomic E-state index is 4.29. The van der Waals surface area contributed by atoms with Gasteiger partial charge in [0.25, 0.3) is 0 Å². The van der Waals surface area contributed by atoms with Crippen LogP contribution < -0.4 is 5.32 Å². The SMILES string of the molecule is Cc1ccccc1CCn1cncc1C1CNC1. The molecule has 0 amide bonds. The highest BCUT2D eigenvalue weighted by atomic mass is 15.1. The minimum atomic E-state index is 0.657. The molecule has 1 aromatic carbocycles. The van der Waals surface area contributed by atoms with Gasteiger partial charge in [-0.2, -0.15) is 0 Å². The maximum Gasteiger partial charge on any atom is 0.0948 e. The van der Waals surface area contributed by atoms with Crippen LogP contribution in [0.15, 0.2) is 36.8 Å². The normalized spacial score (nSPS) is 15.6. The minimum absolute atomic E-state index is 0.657. The van der Waals surface area contributed by atoms with Crippen LogP contribution in [0.1, 0.15) is 22.7 Å². The third-order valence-corrected chi connectivity index (χ3v) is 3.83. The molecule has 1 saturated heterocycles. The number of hydrogen-bond acceptors (Lipinski definition) is 2. The van der Waals surface area contributed by atoms with E-state index in [0.29, 0.717) is 5.92 Å². The van der Waals surface area contributed by atoms with E-state index in [4.69, 9.17) is 0 Å². The van der Waals surface area contributed by atoms with Crippen molar-refractivity contribution in [2.24, 2.45) is 0 Å². The van der Waals surface area contributed by atoms with E-state index in [9.17, 15) is 0 Å². The highest BCUT2D eigenvalue weighted by Gasteiger charge is 2.22. The van der Waals surface area contributed by atoms with Gasteiger partial charge in [0.2, 0.25) is 0 Å². The lowest BCUT2D eigenvalue weighted by Gasteiger charge is -2.27. The van der Waals surface area contributed by atoms with Crippen LogP contribution in [0.25, 0.3) is 0 Å². The lowest BCUT2D eigenvalue weighted by Crippen LogP contribution is -2.40. The van der Waals surface area contributed by atoms with Crippen LogP contribution in [0, 0.1) is 6.92 Å². The Bertz CT molecular complexity index is 526. The number of aryl methyl sites for hydroxylation is 3. The summed E-state index contributed by atoms with van der Waals surface area (Å²) in [4.78, 5) is 4.29. The Labute approximate surface area is 108 Å². The zero-order chi connectivity index (χ0) is 12.4. The molecular weight excluding hydrogens is 222 g/mol. The fourth-order valence-electron chi connectivity index (χ4n) is 2.49. The molecule has 0 spiro atoms. The number of nitrogens with zero attached hydrogens (tertiary/aromatic N) is 2. The number of imidazole rings is 1. The second-order valence-corrected chi connectivity index (χ2v) is 5.04. The van der Waals surface area contributed by atoms with Gasteiger partial charge in [-0.05, 0) is 24.5 Å². The van der Waals surface area contributed by atoms with Gasteiger partial charge in [-0.15, -0.1) is 0 Å². The van der Waals surface area contributed by atoms with Crippen LogP contribution in [0.3, 0.4) is 0 Å². The average Bonchev–Trinajstić information content (AvgIpc) is 2.74. The van der Waals surface area contributed by atoms with Crippen molar-refractivity contribution >= 4 is 0 Å². The van der Waals surface area contributed by atoms with Crippen LogP contribution in [-0.4, -0.2) is 22.6 Å². The zero-order valence-electron chi connectivity index (χ0n) is 10.8. The van der Waals surface area contributed by atoms with Crippen LogP contribution in [0.5, 0.6) is 0 Å². The molecule has 1 N–H and O–H groups in total. The molecule has 1 aliphatic heterocycles. The first-order valence-corrected chi connectivity index (χ1v) is 6.60. The van der Waals surface area contributed by atoms with Crippen LogP contribution in [0.4, 0.5) is 0 Å². The molecule has 1 aromatic heterocycles. The van der Waals surface area contributed by atoms with Gasteiger partial charge < -0.3 is 9.88 Å². The van der Waals surface area contributed by atoms with E-state index >= 15 is 0 Å². The van der Waals surface area contributed by atoms with Crippen molar-refractivity contribution in [3.63, 3.8) is 0 Å². The first-order valence-electron chi connectivity index (χ1n) is 6.60. The zero-order valence-corrected chi connectivity index (χ0v) is 10.8. The summed E-state index contributed by atoms with van der Waals surface area (Å²) in [6.07, 6.45) is 5.06. The largest absolute Gasteiger partial charge is 0.334 e. The summed E-state index contributed by atoms with van der Waals surface area (Å²) in [6.45, 7) is 5.39. The summed E-state index contributed by atoms with van der Waals surface area (Å²) < 4.78 is 2.30. The molecule has 0 radical (unpaired) electrons. The lowest BCUT2D eigenvalue weighted by molar-refractivity contribution is 0.423. The van der Waals surface area contributed by atoms with Gasteiger partial charge in [0.15, 0.2) is 0 Å². The first kappa shape index (κ1) is 11.5. The molecule has 0 aliphatic carbocycles. The van der Waals surface area contributed by atoms with Gasteiger partial charge in [-0.25, -0.2) is 4.98 Å². The van der Waals surface area contributed by atoms with Crippen LogP contribution >= 0.6 is 0 Å². The van der Waals surface area contributed by atoms with Gasteiger partial charge in [0.1, 0.15) is 0 Å². The quantitative estimate of drug-likeness (QED) is 0.888. The van der Waals surface area contributed by atoms with E-state index in [1.54, 1.807) is 0 Å². The smallest absolute Gasteiger partial charge is 0.0948 e. The number of aromatic nitrogens is 2. The molecule has 1 fully saturated rings. The summed E-state index contributed by atoms with van der Waals surface area (Å²) in [5.41, 5.74) is 4.19. The predicted octanol–water partition coefficient (Wildman–Crippen LogP) is 2.12. The summed E-state index contributed by atoms with van der Waals surface area (Å²) >= 11 is 0. The lowest BCUT2D eigenvalue weighted by atomic mass is 9.99. The molecule has 1 aliphatic rings. The fraction of sp³-hybridized carbons (Fsp3) is 0.400. The average molecular weight is 241 g/mol. The third kappa shape index (κ3) is 2.18. The first-order chi connectivity index (χ1) is 8.84. The number of hydrogen-bond donors (Lipinski definition) is 1. The second kappa shape index (κ2) is 4.94. The highest BCUT2D eigenvalue weighted by molar-refractivity contribution is 5.25. The molecule has 0 bridgehead atoms. The van der Waals surface area contributed by atoms with Gasteiger partial charge in [0.05, 0.1) is 6.33 Å². The predicted molar refractivity (Wildman–Crippen MR) is 72.7 cm³/mol. The summed E-state index contributed by atoms with van der Waals surface area (Å²) in [5, 5.41) is 3.32. The summed E-state index contributed by atoms with van der Waals surface area (Å²) in [5.74, 6) is 0.657. The summed E-state index contributed by atoms with van der Waals surface area (Å²) in [7, 11) is 0. The van der Waals surface area contributed by atoms with Crippen molar-refractivity contribution in [2.75, 3.05) is 13.1 Å². The van der Waals surface area contributed by atoms with Crippen molar-refractivity contribution in [1.82, 2.24) is 14.9 Å². The van der Waals surface area contributed by atoms with Crippen LogP contribution in [-0.2, 0) is 13.0 Å². The molecule has 0 saturated carbocycles. The molecule has 2 heterocycles. The van der Waals surface area contributed by atoms with Gasteiger partial charge in [-0.1, -0.05) is 24.3 Å². The van der Waals surface area contributed by atoms with Crippen molar-refractivity contribution < 1.29 is 0 Å². The third-order valence-electron chi connectivity index (χ3n) is 3.83. The maximum absolute atomic E-state index is 4.29. The minimum Gasteiger partial charge on any atom is -0.334 e. The van der Waals surface area contributed by atoms with E-state index in [-0.39, 0.29) is 0 Å². The Morgan fingerprint density at radius 3 is 2.89 bits per heavy atom. The number of nitrogens with one attached hydrogen (secondary N) is 1. The number of benzene rings is 1. The molecule has 18 heavy (non-hydrogen) atoms. The molecule has 3 heteroatoms. The van der Waals surface area contributed by atoms with E-state index < -0.39 is 0 Å². The summed E-state index contributed by atoms with van der Waals surface area (Å²) in [6, 6.07) is 8.62. The fourth-order valence-corrected chi connectivity index (χ4v) is 2.49. The number of rotatable bonds is 4. The standard InChI is InChI=1S/C15H19N3/c1-12-4-2-3-5-13(12)6-7-18-11-17-10-15(18)14-8-16-9-14/h2-5,10-11,14,16H,6-9H2,1H3. The molecule has 3 rings (SSSR count). The van der Waals surface area contributed by atoms with Crippen molar-refractivity contribution in [3.05, 3.63) is 53.6 Å². The Kier molecular flexibility index (Phi) is 3.15. The Morgan fingerprint density at radius 1 is 1.33 bits per heavy atom. The Hall–Kier alpha value is -1.61. The molecule has 94 valence electrons. The van der Waals surface area contributed by atoms with Gasteiger partial charge in [-0.3, -0.25) is 0 Å². The van der Waals surface area contributed by atoms with E-state index in [1.165, 1.54) is 16.8 Å². The van der Waals surface area contributed by atoms with Gasteiger partial charge in [0, 0.05) is 37.4 Å². The molecule has 0 unspecified atom stereocenters. The highest BCUT2D eigenvalue weighted by Crippen LogP contribution is 2.20. The molecule has 3 nitrogen and oxygen atoms in total. The topological polar surface area (TPSA) is 29.9 Å². The van der Waals surface area contributed by atoms with E-state index in [1.807, 2.05) is 12.5 Å². The van der Waals surface area contributed by atoms with Crippen LogP contribution in [0.2, 0.25) is 0 Å². The monoisotopic (exact) mass is 241 g/mol.